The summed E-state index contributed by atoms with van der Waals surface area (Å²) >= 11 is 0. The molecule has 0 aromatic heterocycles. The summed E-state index contributed by atoms with van der Waals surface area (Å²) in [6.45, 7) is 6.79. The summed E-state index contributed by atoms with van der Waals surface area (Å²) in [6.07, 6.45) is 0. The van der Waals surface area contributed by atoms with Crippen molar-refractivity contribution in [2.75, 3.05) is 6.61 Å². The Kier molecular flexibility index (Phi) is 4.69. The number of benzene rings is 3. The topological polar surface area (TPSA) is 41.7 Å². The summed E-state index contributed by atoms with van der Waals surface area (Å²) in [5.41, 5.74) is 0.251. The molecule has 0 saturated carbocycles. The van der Waals surface area contributed by atoms with Crippen molar-refractivity contribution in [3.8, 4) is 0 Å². The SMILES string of the molecule is CC1(C)COC([C@]2(C)[C@@H](c3ccccc3)N2P(=O)(c2ccccc2)c2ccccc2)=N1. The third-order valence-corrected chi connectivity index (χ3v) is 9.47. The maximum absolute atomic E-state index is 15.1. The van der Waals surface area contributed by atoms with E-state index < -0.39 is 12.8 Å². The fraction of sp³-hybridized carbons (Fsp3) is 0.269. The zero-order valence-electron chi connectivity index (χ0n) is 18.1. The molecule has 5 heteroatoms. The summed E-state index contributed by atoms with van der Waals surface area (Å²) in [5.74, 6) is 0.679. The third kappa shape index (κ3) is 3.17. The number of hydrogen-bond donors (Lipinski definition) is 0. The van der Waals surface area contributed by atoms with E-state index in [9.17, 15) is 0 Å². The molecule has 3 atom stereocenters. The first-order chi connectivity index (χ1) is 14.9. The molecule has 0 N–H and O–H groups in total. The molecule has 3 aromatic carbocycles. The average molecular weight is 430 g/mol. The lowest BCUT2D eigenvalue weighted by atomic mass is 10.0. The van der Waals surface area contributed by atoms with Gasteiger partial charge in [0.15, 0.2) is 0 Å². The van der Waals surface area contributed by atoms with E-state index in [-0.39, 0.29) is 11.6 Å². The van der Waals surface area contributed by atoms with Gasteiger partial charge in [0.25, 0.3) is 0 Å². The van der Waals surface area contributed by atoms with Crippen molar-refractivity contribution in [2.24, 2.45) is 4.99 Å². The van der Waals surface area contributed by atoms with Gasteiger partial charge in [0, 0.05) is 10.6 Å². The monoisotopic (exact) mass is 430 g/mol. The largest absolute Gasteiger partial charge is 0.477 e. The van der Waals surface area contributed by atoms with E-state index in [1.54, 1.807) is 0 Å². The molecule has 1 saturated heterocycles. The molecular weight excluding hydrogens is 403 g/mol. The van der Waals surface area contributed by atoms with E-state index in [1.165, 1.54) is 0 Å². The summed E-state index contributed by atoms with van der Waals surface area (Å²) in [4.78, 5) is 4.91. The van der Waals surface area contributed by atoms with Crippen molar-refractivity contribution in [1.29, 1.82) is 0 Å². The van der Waals surface area contributed by atoms with Gasteiger partial charge in [-0.1, -0.05) is 66.7 Å². The molecule has 1 fully saturated rings. The van der Waals surface area contributed by atoms with Crippen molar-refractivity contribution in [1.82, 2.24) is 4.67 Å². The molecule has 0 aliphatic carbocycles. The van der Waals surface area contributed by atoms with Gasteiger partial charge >= 0.3 is 0 Å². The van der Waals surface area contributed by atoms with Crippen molar-refractivity contribution < 1.29 is 9.30 Å². The highest BCUT2D eigenvalue weighted by Crippen LogP contribution is 2.70. The summed E-state index contributed by atoms with van der Waals surface area (Å²) in [6, 6.07) is 29.8. The Bertz CT molecular complexity index is 1120. The summed E-state index contributed by atoms with van der Waals surface area (Å²) in [7, 11) is -3.15. The first kappa shape index (κ1) is 20.2. The highest BCUT2D eigenvalue weighted by atomic mass is 31.2. The Morgan fingerprint density at radius 1 is 0.839 bits per heavy atom. The molecule has 1 unspecified atom stereocenters. The van der Waals surface area contributed by atoms with Gasteiger partial charge in [-0.15, -0.1) is 0 Å². The van der Waals surface area contributed by atoms with Crippen LogP contribution in [-0.4, -0.2) is 28.3 Å². The second kappa shape index (κ2) is 7.19. The molecular formula is C26H27N2O2P. The van der Waals surface area contributed by atoms with E-state index in [0.29, 0.717) is 12.5 Å². The van der Waals surface area contributed by atoms with Crippen LogP contribution in [0, 0.1) is 0 Å². The van der Waals surface area contributed by atoms with Crippen LogP contribution in [-0.2, 0) is 9.30 Å². The van der Waals surface area contributed by atoms with Crippen LogP contribution in [0.4, 0.5) is 0 Å². The van der Waals surface area contributed by atoms with Crippen LogP contribution in [0.3, 0.4) is 0 Å². The second-order valence-electron chi connectivity index (χ2n) is 9.07. The van der Waals surface area contributed by atoms with Crippen LogP contribution in [0.1, 0.15) is 32.4 Å². The lowest BCUT2D eigenvalue weighted by Crippen LogP contribution is -2.30. The van der Waals surface area contributed by atoms with Crippen LogP contribution < -0.4 is 10.6 Å². The smallest absolute Gasteiger partial charge is 0.208 e. The van der Waals surface area contributed by atoms with Crippen LogP contribution in [0.2, 0.25) is 0 Å². The number of nitrogens with zero attached hydrogens (tertiary/aromatic N) is 2. The van der Waals surface area contributed by atoms with Gasteiger partial charge in [-0.3, -0.25) is 4.57 Å². The molecule has 2 aliphatic rings. The number of hydrogen-bond acceptors (Lipinski definition) is 3. The van der Waals surface area contributed by atoms with Gasteiger partial charge in [0.05, 0.1) is 11.6 Å². The van der Waals surface area contributed by atoms with E-state index in [1.807, 2.05) is 78.9 Å². The Balaban J connectivity index is 1.72. The molecule has 4 nitrogen and oxygen atoms in total. The normalized spacial score (nSPS) is 26.7. The lowest BCUT2D eigenvalue weighted by Gasteiger charge is -2.24. The molecule has 0 radical (unpaired) electrons. The second-order valence-corrected chi connectivity index (χ2v) is 11.7. The van der Waals surface area contributed by atoms with Crippen LogP contribution in [0.15, 0.2) is 96.0 Å². The zero-order chi connectivity index (χ0) is 21.7. The standard InChI is InChI=1S/C26H27N2O2P/c1-25(2)19-30-24(27-25)26(3)23(20-13-7-4-8-14-20)28(26)31(29,21-15-9-5-10-16-21)22-17-11-6-12-18-22/h4-18,23H,19H2,1-3H3/t23-,26+,28?/m1/s1. The van der Waals surface area contributed by atoms with Crippen molar-refractivity contribution >= 4 is 23.8 Å². The molecule has 2 heterocycles. The van der Waals surface area contributed by atoms with Gasteiger partial charge in [0.2, 0.25) is 13.2 Å². The number of ether oxygens (including phenoxy) is 1. The Morgan fingerprint density at radius 2 is 1.32 bits per heavy atom. The highest BCUT2D eigenvalue weighted by Gasteiger charge is 2.72. The van der Waals surface area contributed by atoms with Gasteiger partial charge in [-0.25, -0.2) is 9.66 Å². The Labute approximate surface area is 184 Å². The predicted octanol–water partition coefficient (Wildman–Crippen LogP) is 4.94. The molecule has 3 aromatic rings. The maximum Gasteiger partial charge on any atom is 0.208 e. The zero-order valence-corrected chi connectivity index (χ0v) is 19.0. The minimum Gasteiger partial charge on any atom is -0.477 e. The number of rotatable bonds is 5. The van der Waals surface area contributed by atoms with Crippen molar-refractivity contribution in [3.63, 3.8) is 0 Å². The van der Waals surface area contributed by atoms with E-state index >= 15 is 4.57 Å². The molecule has 2 aliphatic heterocycles. The van der Waals surface area contributed by atoms with Gasteiger partial charge < -0.3 is 4.74 Å². The molecule has 5 rings (SSSR count). The highest BCUT2D eigenvalue weighted by molar-refractivity contribution is 7.77. The third-order valence-electron chi connectivity index (χ3n) is 6.22. The molecule has 31 heavy (non-hydrogen) atoms. The Morgan fingerprint density at radius 3 is 1.77 bits per heavy atom. The predicted molar refractivity (Wildman–Crippen MR) is 127 cm³/mol. The molecule has 0 amide bonds. The van der Waals surface area contributed by atoms with Crippen molar-refractivity contribution in [3.05, 3.63) is 96.6 Å². The van der Waals surface area contributed by atoms with Gasteiger partial charge in [-0.05, 0) is 50.6 Å². The average Bonchev–Trinajstić information content (AvgIpc) is 3.28. The maximum atomic E-state index is 15.1. The summed E-state index contributed by atoms with van der Waals surface area (Å²) < 4.78 is 23.4. The molecule has 0 bridgehead atoms. The van der Waals surface area contributed by atoms with Crippen LogP contribution in [0.5, 0.6) is 0 Å². The van der Waals surface area contributed by atoms with Gasteiger partial charge in [0.1, 0.15) is 12.1 Å². The molecule has 0 spiro atoms. The molecule has 158 valence electrons. The first-order valence-corrected chi connectivity index (χ1v) is 12.3. The summed E-state index contributed by atoms with van der Waals surface area (Å²) in [5, 5.41) is 1.65. The minimum absolute atomic E-state index is 0.0902. The lowest BCUT2D eigenvalue weighted by molar-refractivity contribution is 0.267. The Hall–Kier alpha value is -2.68. The first-order valence-electron chi connectivity index (χ1n) is 10.7. The minimum atomic E-state index is -3.15. The van der Waals surface area contributed by atoms with Crippen LogP contribution >= 0.6 is 7.29 Å². The van der Waals surface area contributed by atoms with E-state index in [4.69, 9.17) is 9.73 Å². The number of aliphatic imine (C=N–C) groups is 1. The van der Waals surface area contributed by atoms with E-state index in [0.717, 1.165) is 16.2 Å². The van der Waals surface area contributed by atoms with Gasteiger partial charge in [-0.2, -0.15) is 0 Å². The van der Waals surface area contributed by atoms with Crippen LogP contribution in [0.25, 0.3) is 0 Å². The van der Waals surface area contributed by atoms with E-state index in [2.05, 4.69) is 37.6 Å². The fourth-order valence-electron chi connectivity index (χ4n) is 4.65. The quantitative estimate of drug-likeness (QED) is 0.425. The van der Waals surface area contributed by atoms with Crippen molar-refractivity contribution in [2.45, 2.75) is 37.9 Å². The fourth-order valence-corrected chi connectivity index (χ4v) is 8.01.